The fourth-order valence-electron chi connectivity index (χ4n) is 5.35. The van der Waals surface area contributed by atoms with Crippen LogP contribution in [-0.2, 0) is 7.05 Å². The van der Waals surface area contributed by atoms with Crippen molar-refractivity contribution < 1.29 is 9.13 Å². The van der Waals surface area contributed by atoms with E-state index >= 15 is 0 Å². The molecule has 1 fully saturated rings. The second-order valence-electron chi connectivity index (χ2n) is 10.0. The van der Waals surface area contributed by atoms with Crippen LogP contribution in [0, 0.1) is 5.82 Å². The summed E-state index contributed by atoms with van der Waals surface area (Å²) in [7, 11) is 1.89. The van der Waals surface area contributed by atoms with Crippen LogP contribution >= 0.6 is 0 Å². The molecule has 7 rings (SSSR count). The fourth-order valence-corrected chi connectivity index (χ4v) is 5.35. The zero-order valence-electron chi connectivity index (χ0n) is 21.5. The zero-order valence-corrected chi connectivity index (χ0v) is 21.5. The van der Waals surface area contributed by atoms with Gasteiger partial charge in [0.25, 0.3) is 0 Å². The van der Waals surface area contributed by atoms with E-state index < -0.39 is 0 Å². The van der Waals surface area contributed by atoms with Crippen LogP contribution in [0.4, 0.5) is 4.39 Å². The lowest BCUT2D eigenvalue weighted by Crippen LogP contribution is -2.25. The van der Waals surface area contributed by atoms with Crippen LogP contribution in [0.3, 0.4) is 0 Å². The molecule has 0 unspecified atom stereocenters. The van der Waals surface area contributed by atoms with Crippen molar-refractivity contribution >= 4 is 21.9 Å². The van der Waals surface area contributed by atoms with Crippen molar-refractivity contribution in [1.29, 1.82) is 0 Å². The minimum absolute atomic E-state index is 0.343. The minimum atomic E-state index is -0.343. The summed E-state index contributed by atoms with van der Waals surface area (Å²) in [6.07, 6.45) is 11.6. The number of fused-ring (bicyclic) bond motifs is 2. The maximum absolute atomic E-state index is 14.7. The molecule has 0 spiro atoms. The Kier molecular flexibility index (Phi) is 5.81. The first-order valence-electron chi connectivity index (χ1n) is 13.1. The Balaban J connectivity index is 1.23. The Morgan fingerprint density at radius 2 is 1.85 bits per heavy atom. The predicted octanol–water partition coefficient (Wildman–Crippen LogP) is 5.18. The molecule has 6 heterocycles. The van der Waals surface area contributed by atoms with Gasteiger partial charge in [-0.1, -0.05) is 0 Å². The Bertz CT molecular complexity index is 1800. The van der Waals surface area contributed by atoms with Gasteiger partial charge in [0, 0.05) is 65.7 Å². The van der Waals surface area contributed by atoms with Crippen molar-refractivity contribution in [3.8, 4) is 39.4 Å². The van der Waals surface area contributed by atoms with Crippen molar-refractivity contribution in [3.63, 3.8) is 0 Å². The molecule has 0 saturated carbocycles. The number of aromatic amines is 2. The summed E-state index contributed by atoms with van der Waals surface area (Å²) < 4.78 is 22.4. The number of likely N-dealkylation sites (tertiary alicyclic amines) is 1. The minimum Gasteiger partial charge on any atom is -0.492 e. The van der Waals surface area contributed by atoms with Gasteiger partial charge in [0.2, 0.25) is 0 Å². The van der Waals surface area contributed by atoms with Crippen LogP contribution in [0.1, 0.15) is 12.8 Å². The third-order valence-corrected chi connectivity index (χ3v) is 7.32. The lowest BCUT2D eigenvalue weighted by molar-refractivity contribution is 0.237. The normalized spacial score (nSPS) is 14.1. The van der Waals surface area contributed by atoms with Gasteiger partial charge >= 0.3 is 0 Å². The number of aryl methyl sites for hydroxylation is 1. The number of nitrogens with zero attached hydrogens (tertiary/aromatic N) is 6. The topological polar surface area (TPSA) is 101 Å². The average molecular weight is 523 g/mol. The molecule has 2 N–H and O–H groups in total. The van der Waals surface area contributed by atoms with E-state index in [9.17, 15) is 4.39 Å². The lowest BCUT2D eigenvalue weighted by Gasteiger charge is -2.15. The summed E-state index contributed by atoms with van der Waals surface area (Å²) in [6, 6.07) is 8.93. The number of nitrogens with one attached hydrogen (secondary N) is 2. The van der Waals surface area contributed by atoms with Crippen molar-refractivity contribution in [2.45, 2.75) is 12.8 Å². The van der Waals surface area contributed by atoms with Crippen LogP contribution < -0.4 is 4.74 Å². The quantitative estimate of drug-likeness (QED) is 0.300. The van der Waals surface area contributed by atoms with Gasteiger partial charge in [-0.15, -0.1) is 0 Å². The number of ether oxygens (including phenoxy) is 1. The molecular weight excluding hydrogens is 495 g/mol. The smallest absolute Gasteiger partial charge is 0.181 e. The van der Waals surface area contributed by atoms with Gasteiger partial charge in [-0.2, -0.15) is 10.2 Å². The number of pyridine rings is 2. The van der Waals surface area contributed by atoms with E-state index in [0.29, 0.717) is 23.6 Å². The molecule has 1 aliphatic rings. The largest absolute Gasteiger partial charge is 0.492 e. The van der Waals surface area contributed by atoms with Crippen LogP contribution in [-0.4, -0.2) is 66.1 Å². The third kappa shape index (κ3) is 4.52. The van der Waals surface area contributed by atoms with Crippen molar-refractivity contribution in [2.24, 2.45) is 7.05 Å². The molecule has 196 valence electrons. The number of hydrogen-bond donors (Lipinski definition) is 2. The molecule has 9 nitrogen and oxygen atoms in total. The van der Waals surface area contributed by atoms with Gasteiger partial charge in [0.15, 0.2) is 5.65 Å². The van der Waals surface area contributed by atoms with Gasteiger partial charge in [0.05, 0.1) is 29.3 Å². The number of benzene rings is 1. The van der Waals surface area contributed by atoms with E-state index in [1.807, 2.05) is 31.6 Å². The molecule has 0 radical (unpaired) electrons. The van der Waals surface area contributed by atoms with Crippen LogP contribution in [0.25, 0.3) is 55.6 Å². The maximum atomic E-state index is 14.7. The molecule has 0 aliphatic carbocycles. The molecular formula is C29H27FN8O. The summed E-state index contributed by atoms with van der Waals surface area (Å²) in [6.45, 7) is 3.59. The second kappa shape index (κ2) is 9.63. The Hall–Kier alpha value is -4.57. The number of halogens is 1. The summed E-state index contributed by atoms with van der Waals surface area (Å²) in [5.41, 5.74) is 6.57. The number of hydrogen-bond acceptors (Lipinski definition) is 6. The molecule has 10 heteroatoms. The molecule has 1 aromatic carbocycles. The number of rotatable bonds is 7. The average Bonchev–Trinajstić information content (AvgIpc) is 3.74. The van der Waals surface area contributed by atoms with Gasteiger partial charge in [-0.3, -0.25) is 19.7 Å². The highest BCUT2D eigenvalue weighted by Crippen LogP contribution is 2.35. The first-order chi connectivity index (χ1) is 19.1. The van der Waals surface area contributed by atoms with E-state index in [2.05, 4.69) is 41.2 Å². The highest BCUT2D eigenvalue weighted by molar-refractivity contribution is 6.00. The summed E-state index contributed by atoms with van der Waals surface area (Å²) in [4.78, 5) is 14.8. The van der Waals surface area contributed by atoms with Crippen LogP contribution in [0.2, 0.25) is 0 Å². The second-order valence-corrected chi connectivity index (χ2v) is 10.0. The monoisotopic (exact) mass is 522 g/mol. The lowest BCUT2D eigenvalue weighted by atomic mass is 10.0. The molecule has 5 aromatic heterocycles. The first-order valence-corrected chi connectivity index (χ1v) is 13.1. The predicted molar refractivity (Wildman–Crippen MR) is 148 cm³/mol. The van der Waals surface area contributed by atoms with Gasteiger partial charge in [-0.05, 0) is 55.8 Å². The van der Waals surface area contributed by atoms with E-state index in [1.165, 1.54) is 25.0 Å². The molecule has 39 heavy (non-hydrogen) atoms. The van der Waals surface area contributed by atoms with Gasteiger partial charge < -0.3 is 9.72 Å². The zero-order chi connectivity index (χ0) is 26.3. The molecule has 0 amide bonds. The molecule has 1 aliphatic heterocycles. The van der Waals surface area contributed by atoms with Gasteiger partial charge in [0.1, 0.15) is 18.2 Å². The number of H-pyrrole nitrogens is 2. The molecule has 1 saturated heterocycles. The Labute approximate surface area is 223 Å². The first kappa shape index (κ1) is 23.5. The van der Waals surface area contributed by atoms with E-state index in [1.54, 1.807) is 23.3 Å². The van der Waals surface area contributed by atoms with Crippen molar-refractivity contribution in [2.75, 3.05) is 26.2 Å². The van der Waals surface area contributed by atoms with E-state index in [-0.39, 0.29) is 5.82 Å². The molecule has 0 bridgehead atoms. The standard InChI is InChI=1S/C29H27FN8O/c1-37-17-20(14-33-37)19-10-24-28(35-36-29(24)32-13-19)26-12-23-25(15-31-16-27(23)34-26)18-8-21(30)11-22(9-18)39-7-6-38-4-2-3-5-38/h8-17,34H,2-7H2,1H3,(H,32,35,36). The van der Waals surface area contributed by atoms with Crippen LogP contribution in [0.5, 0.6) is 5.75 Å². The third-order valence-electron chi connectivity index (χ3n) is 7.32. The van der Waals surface area contributed by atoms with Crippen molar-refractivity contribution in [1.82, 2.24) is 39.8 Å². The highest BCUT2D eigenvalue weighted by atomic mass is 19.1. The number of aromatic nitrogens is 7. The summed E-state index contributed by atoms with van der Waals surface area (Å²) >= 11 is 0. The SMILES string of the molecule is Cn1cc(-c2cnc3n[nH]c(-c4cc5c(-c6cc(F)cc(OCCN7CCCC7)c6)cncc5[nH]4)c3c2)cn1. The highest BCUT2D eigenvalue weighted by Gasteiger charge is 2.16. The van der Waals surface area contributed by atoms with Gasteiger partial charge in [-0.25, -0.2) is 9.37 Å². The van der Waals surface area contributed by atoms with Crippen molar-refractivity contribution in [3.05, 3.63) is 67.1 Å². The fraction of sp³-hybridized carbons (Fsp3) is 0.241. The molecule has 0 atom stereocenters. The molecule has 6 aromatic rings. The van der Waals surface area contributed by atoms with E-state index in [0.717, 1.165) is 64.0 Å². The Morgan fingerprint density at radius 3 is 2.69 bits per heavy atom. The van der Waals surface area contributed by atoms with Crippen LogP contribution in [0.15, 0.2) is 61.3 Å². The maximum Gasteiger partial charge on any atom is 0.181 e. The summed E-state index contributed by atoms with van der Waals surface area (Å²) in [5.74, 6) is 0.176. The summed E-state index contributed by atoms with van der Waals surface area (Å²) in [5, 5.41) is 13.6. The van der Waals surface area contributed by atoms with E-state index in [4.69, 9.17) is 4.74 Å². The Morgan fingerprint density at radius 1 is 0.949 bits per heavy atom.